The molecule has 0 heterocycles. The molecule has 4 saturated carbocycles. The number of carbonyl (C=O) groups excluding carboxylic acids is 2. The second-order valence-electron chi connectivity index (χ2n) is 7.86. The van der Waals surface area contributed by atoms with Crippen molar-refractivity contribution in [3.63, 3.8) is 0 Å². The number of alkyl carbamates (subject to hydrolysis) is 1. The van der Waals surface area contributed by atoms with Gasteiger partial charge >= 0.3 is 18.2 Å². The highest BCUT2D eigenvalue weighted by Gasteiger charge is 2.56. The molecule has 0 aromatic rings. The van der Waals surface area contributed by atoms with E-state index in [2.05, 4.69) is 4.74 Å². The standard InChI is InChI=1S/C16H19Cl3F3NO4/c17-16(18,19)11(23-13(25)26-7-15(20,21)22)27-12(24)14-4-8-1-9(5-14)3-10(2-8)6-14/h8-11H,1-7H2,(H,23,25)/t8?,9?,10?,11-,14?/m0/s1. The van der Waals surface area contributed by atoms with Crippen molar-refractivity contribution in [1.82, 2.24) is 5.32 Å². The van der Waals surface area contributed by atoms with Crippen molar-refractivity contribution in [3.05, 3.63) is 0 Å². The fourth-order valence-electron chi connectivity index (χ4n) is 5.07. The van der Waals surface area contributed by atoms with Crippen LogP contribution in [-0.4, -0.2) is 34.9 Å². The summed E-state index contributed by atoms with van der Waals surface area (Å²) in [5.74, 6) is 0.785. The lowest BCUT2D eigenvalue weighted by atomic mass is 9.49. The van der Waals surface area contributed by atoms with Crippen LogP contribution in [0.25, 0.3) is 0 Å². The van der Waals surface area contributed by atoms with Crippen LogP contribution in [0.3, 0.4) is 0 Å². The third-order valence-electron chi connectivity index (χ3n) is 5.61. The second kappa shape index (κ2) is 7.34. The number of ether oxygens (including phenoxy) is 2. The summed E-state index contributed by atoms with van der Waals surface area (Å²) in [5, 5.41) is 1.89. The van der Waals surface area contributed by atoms with Crippen molar-refractivity contribution >= 4 is 46.9 Å². The van der Waals surface area contributed by atoms with E-state index in [1.807, 2.05) is 5.32 Å². The van der Waals surface area contributed by atoms with Gasteiger partial charge in [0, 0.05) is 0 Å². The summed E-state index contributed by atoms with van der Waals surface area (Å²) >= 11 is 17.2. The largest absolute Gasteiger partial charge is 0.440 e. The van der Waals surface area contributed by atoms with Crippen LogP contribution in [0, 0.1) is 23.2 Å². The Hall–Kier alpha value is -0.600. The molecule has 1 N–H and O–H groups in total. The maximum atomic E-state index is 12.9. The fourth-order valence-corrected chi connectivity index (χ4v) is 5.36. The first kappa shape index (κ1) is 21.1. The number of esters is 1. The number of alkyl halides is 6. The smallest absolute Gasteiger partial charge is 0.422 e. The zero-order valence-electron chi connectivity index (χ0n) is 14.2. The molecule has 11 heteroatoms. The number of nitrogens with one attached hydrogen (secondary N) is 1. The molecule has 4 aliphatic carbocycles. The highest BCUT2D eigenvalue weighted by Crippen LogP contribution is 2.60. The predicted molar refractivity (Wildman–Crippen MR) is 91.3 cm³/mol. The van der Waals surface area contributed by atoms with Crippen molar-refractivity contribution in [3.8, 4) is 0 Å². The van der Waals surface area contributed by atoms with E-state index < -0.39 is 40.3 Å². The minimum atomic E-state index is -4.71. The van der Waals surface area contributed by atoms with E-state index in [0.29, 0.717) is 37.0 Å². The highest BCUT2D eigenvalue weighted by atomic mass is 35.6. The monoisotopic (exact) mass is 451 g/mol. The summed E-state index contributed by atoms with van der Waals surface area (Å²) in [4.78, 5) is 24.5. The zero-order valence-corrected chi connectivity index (χ0v) is 16.4. The minimum Gasteiger partial charge on any atom is -0.440 e. The number of carbonyl (C=O) groups is 2. The summed E-state index contributed by atoms with van der Waals surface area (Å²) in [6.45, 7) is -1.81. The summed E-state index contributed by atoms with van der Waals surface area (Å²) in [5.41, 5.74) is -0.680. The molecule has 1 amide bonds. The summed E-state index contributed by atoms with van der Waals surface area (Å²) < 4.78 is 43.5. The third-order valence-corrected chi connectivity index (χ3v) is 6.20. The molecule has 4 bridgehead atoms. The normalized spacial score (nSPS) is 33.5. The lowest BCUT2D eigenvalue weighted by Gasteiger charge is -2.55. The average molecular weight is 453 g/mol. The van der Waals surface area contributed by atoms with Gasteiger partial charge in [0.05, 0.1) is 5.41 Å². The molecule has 4 fully saturated rings. The minimum absolute atomic E-state index is 0.458. The molecule has 154 valence electrons. The first-order valence-corrected chi connectivity index (χ1v) is 9.77. The van der Waals surface area contributed by atoms with E-state index in [-0.39, 0.29) is 0 Å². The van der Waals surface area contributed by atoms with E-state index >= 15 is 0 Å². The Bertz CT molecular complexity index is 573. The Labute approximate surface area is 169 Å². The van der Waals surface area contributed by atoms with Gasteiger partial charge < -0.3 is 9.47 Å². The molecule has 0 aromatic heterocycles. The Kier molecular flexibility index (Phi) is 5.74. The van der Waals surface area contributed by atoms with Crippen molar-refractivity contribution in [1.29, 1.82) is 0 Å². The molecule has 4 rings (SSSR count). The SMILES string of the molecule is O=C(N[C@@H](OC(=O)C12CC3CC(CC(C3)C1)C2)C(Cl)(Cl)Cl)OCC(F)(F)F. The van der Waals surface area contributed by atoms with Gasteiger partial charge in [-0.05, 0) is 56.3 Å². The molecule has 5 nitrogen and oxygen atoms in total. The Morgan fingerprint density at radius 3 is 1.93 bits per heavy atom. The number of hydrogen-bond acceptors (Lipinski definition) is 4. The van der Waals surface area contributed by atoms with Gasteiger partial charge in [0.25, 0.3) is 0 Å². The topological polar surface area (TPSA) is 64.6 Å². The maximum Gasteiger partial charge on any atom is 0.422 e. The molecule has 27 heavy (non-hydrogen) atoms. The highest BCUT2D eigenvalue weighted by molar-refractivity contribution is 6.68. The van der Waals surface area contributed by atoms with E-state index in [9.17, 15) is 22.8 Å². The van der Waals surface area contributed by atoms with Crippen LogP contribution < -0.4 is 5.32 Å². The predicted octanol–water partition coefficient (Wildman–Crippen LogP) is 4.73. The lowest BCUT2D eigenvalue weighted by molar-refractivity contribution is -0.179. The van der Waals surface area contributed by atoms with Gasteiger partial charge in [0.2, 0.25) is 10.0 Å². The van der Waals surface area contributed by atoms with Crippen LogP contribution >= 0.6 is 34.8 Å². The Balaban J connectivity index is 1.64. The van der Waals surface area contributed by atoms with Gasteiger partial charge in [0.1, 0.15) is 0 Å². The fraction of sp³-hybridized carbons (Fsp3) is 0.875. The first-order valence-electron chi connectivity index (χ1n) is 8.64. The van der Waals surface area contributed by atoms with Crippen molar-refractivity contribution < 1.29 is 32.2 Å². The van der Waals surface area contributed by atoms with Crippen LogP contribution in [-0.2, 0) is 14.3 Å². The van der Waals surface area contributed by atoms with Crippen LogP contribution in [0.5, 0.6) is 0 Å². The van der Waals surface area contributed by atoms with Gasteiger partial charge in [-0.3, -0.25) is 10.1 Å². The van der Waals surface area contributed by atoms with E-state index in [1.54, 1.807) is 0 Å². The zero-order chi connectivity index (χ0) is 20.0. The quantitative estimate of drug-likeness (QED) is 0.380. The van der Waals surface area contributed by atoms with Crippen molar-refractivity contribution in [2.45, 2.75) is 54.7 Å². The van der Waals surface area contributed by atoms with Crippen molar-refractivity contribution in [2.24, 2.45) is 23.2 Å². The molecule has 0 aromatic carbocycles. The number of halogens is 6. The summed E-state index contributed by atoms with van der Waals surface area (Å²) in [6, 6.07) is 0. The number of hydrogen-bond donors (Lipinski definition) is 1. The molecular weight excluding hydrogens is 434 g/mol. The van der Waals surface area contributed by atoms with E-state index in [4.69, 9.17) is 39.5 Å². The number of amides is 1. The second-order valence-corrected chi connectivity index (χ2v) is 10.2. The van der Waals surface area contributed by atoms with Gasteiger partial charge in [0.15, 0.2) is 6.61 Å². The van der Waals surface area contributed by atoms with E-state index in [1.165, 1.54) is 0 Å². The molecule has 0 unspecified atom stereocenters. The molecule has 0 spiro atoms. The van der Waals surface area contributed by atoms with E-state index in [0.717, 1.165) is 19.3 Å². The first-order chi connectivity index (χ1) is 12.4. The Morgan fingerprint density at radius 2 is 1.52 bits per heavy atom. The molecule has 1 atom stereocenters. The van der Waals surface area contributed by atoms with Crippen LogP contribution in [0.2, 0.25) is 0 Å². The molecule has 0 saturated heterocycles. The van der Waals surface area contributed by atoms with Gasteiger partial charge in [-0.15, -0.1) is 0 Å². The lowest BCUT2D eigenvalue weighted by Crippen LogP contribution is -2.54. The summed E-state index contributed by atoms with van der Waals surface area (Å²) in [6.07, 6.45) is -2.61. The van der Waals surface area contributed by atoms with Gasteiger partial charge in [-0.1, -0.05) is 34.8 Å². The number of rotatable bonds is 4. The molecule has 0 radical (unpaired) electrons. The molecular formula is C16H19Cl3F3NO4. The molecule has 0 aliphatic heterocycles. The maximum absolute atomic E-state index is 12.9. The van der Waals surface area contributed by atoms with Gasteiger partial charge in [-0.2, -0.15) is 13.2 Å². The van der Waals surface area contributed by atoms with Crippen LogP contribution in [0.15, 0.2) is 0 Å². The summed E-state index contributed by atoms with van der Waals surface area (Å²) in [7, 11) is 0. The molecule has 4 aliphatic rings. The van der Waals surface area contributed by atoms with Crippen molar-refractivity contribution in [2.75, 3.05) is 6.61 Å². The van der Waals surface area contributed by atoms with Crippen LogP contribution in [0.4, 0.5) is 18.0 Å². The van der Waals surface area contributed by atoms with Gasteiger partial charge in [-0.25, -0.2) is 4.79 Å². The third kappa shape index (κ3) is 5.07. The Morgan fingerprint density at radius 1 is 1.04 bits per heavy atom. The van der Waals surface area contributed by atoms with Crippen LogP contribution in [0.1, 0.15) is 38.5 Å². The average Bonchev–Trinajstić information content (AvgIpc) is 2.49.